The number of aromatic nitrogens is 2. The molecule has 156 valence electrons. The Hall–Kier alpha value is -3.81. The lowest BCUT2D eigenvalue weighted by molar-refractivity contribution is -0.107. The summed E-state index contributed by atoms with van der Waals surface area (Å²) in [4.78, 5) is 24.6. The average molecular weight is 407 g/mol. The summed E-state index contributed by atoms with van der Waals surface area (Å²) in [6.45, 7) is 6.18. The molecule has 0 radical (unpaired) electrons. The number of carbonyl (C=O) groups excluding carboxylic acids is 2. The van der Waals surface area contributed by atoms with E-state index in [1.54, 1.807) is 43.4 Å². The fraction of sp³-hybridized carbons (Fsp3) is 0.227. The van der Waals surface area contributed by atoms with Crippen LogP contribution in [0.3, 0.4) is 0 Å². The number of carbonyl (C=O) groups is 2. The van der Waals surface area contributed by atoms with Crippen LogP contribution in [-0.2, 0) is 10.2 Å². The van der Waals surface area contributed by atoms with Crippen molar-refractivity contribution in [2.24, 2.45) is 0 Å². The molecule has 8 nitrogen and oxygen atoms in total. The minimum absolute atomic E-state index is 0.0819. The number of benzene rings is 2. The van der Waals surface area contributed by atoms with Crippen LogP contribution in [0.25, 0.3) is 0 Å². The zero-order valence-corrected chi connectivity index (χ0v) is 17.4. The van der Waals surface area contributed by atoms with Crippen LogP contribution in [0.2, 0.25) is 0 Å². The van der Waals surface area contributed by atoms with Crippen LogP contribution < -0.4 is 20.3 Å². The van der Waals surface area contributed by atoms with Gasteiger partial charge in [0.05, 0.1) is 0 Å². The number of aromatic amines is 1. The number of nitrogens with one attached hydrogen (secondary N) is 3. The highest BCUT2D eigenvalue weighted by molar-refractivity contribution is 5.99. The summed E-state index contributed by atoms with van der Waals surface area (Å²) in [5.74, 6) is 1.67. The molecule has 0 saturated heterocycles. The van der Waals surface area contributed by atoms with Crippen molar-refractivity contribution in [3.05, 3.63) is 60.3 Å². The van der Waals surface area contributed by atoms with E-state index in [-0.39, 0.29) is 11.4 Å². The van der Waals surface area contributed by atoms with Crippen molar-refractivity contribution in [2.45, 2.75) is 26.2 Å². The first kappa shape index (κ1) is 20.9. The molecule has 0 unspecified atom stereocenters. The number of hydrogen-bond donors (Lipinski definition) is 3. The number of H-pyrrole nitrogens is 1. The molecule has 0 atom stereocenters. The van der Waals surface area contributed by atoms with E-state index in [2.05, 4.69) is 41.6 Å². The van der Waals surface area contributed by atoms with Crippen molar-refractivity contribution in [3.63, 3.8) is 0 Å². The molecular weight excluding hydrogens is 382 g/mol. The lowest BCUT2D eigenvalue weighted by Crippen LogP contribution is -2.19. The van der Waals surface area contributed by atoms with E-state index in [1.807, 2.05) is 18.2 Å². The molecule has 0 aliphatic rings. The van der Waals surface area contributed by atoms with Gasteiger partial charge in [-0.2, -0.15) is 5.10 Å². The van der Waals surface area contributed by atoms with Gasteiger partial charge >= 0.3 is 6.03 Å². The third-order valence-corrected chi connectivity index (χ3v) is 4.36. The second kappa shape index (κ2) is 8.69. The lowest BCUT2D eigenvalue weighted by Gasteiger charge is -2.14. The number of rotatable bonds is 6. The normalized spacial score (nSPS) is 10.9. The molecule has 3 amide bonds. The maximum Gasteiger partial charge on any atom is 0.324 e. The number of urea groups is 1. The van der Waals surface area contributed by atoms with Gasteiger partial charge in [-0.3, -0.25) is 15.2 Å². The Morgan fingerprint density at radius 1 is 1.07 bits per heavy atom. The van der Waals surface area contributed by atoms with Gasteiger partial charge in [-0.25, -0.2) is 4.79 Å². The first-order valence-corrected chi connectivity index (χ1v) is 9.44. The van der Waals surface area contributed by atoms with E-state index < -0.39 is 0 Å². The lowest BCUT2D eigenvalue weighted by atomic mass is 9.92. The number of nitrogens with zero attached hydrogens (tertiary/aromatic N) is 2. The zero-order chi connectivity index (χ0) is 21.7. The van der Waals surface area contributed by atoms with Crippen LogP contribution in [0.4, 0.5) is 22.0 Å². The van der Waals surface area contributed by atoms with Gasteiger partial charge in [0.2, 0.25) is 6.41 Å². The average Bonchev–Trinajstić information content (AvgIpc) is 3.18. The Kier molecular flexibility index (Phi) is 6.06. The first-order chi connectivity index (χ1) is 14.2. The fourth-order valence-corrected chi connectivity index (χ4v) is 2.62. The molecule has 0 saturated carbocycles. The highest BCUT2D eigenvalue weighted by Gasteiger charge is 2.17. The standard InChI is InChI=1S/C22H25N5O3/c1-22(2,3)19-13-20(26-25-19)24-21(29)23-15-8-10-17(11-9-15)30-18-7-5-6-16(12-18)27(4)14-28/h5-14H,1-4H3,(H3,23,24,25,26,29). The van der Waals surface area contributed by atoms with E-state index in [4.69, 9.17) is 4.74 Å². The molecule has 8 heteroatoms. The maximum atomic E-state index is 12.2. The number of anilines is 3. The van der Waals surface area contributed by atoms with Crippen LogP contribution in [0.15, 0.2) is 54.6 Å². The maximum absolute atomic E-state index is 12.2. The minimum Gasteiger partial charge on any atom is -0.457 e. The van der Waals surface area contributed by atoms with Crippen LogP contribution in [-0.4, -0.2) is 29.7 Å². The fourth-order valence-electron chi connectivity index (χ4n) is 2.62. The monoisotopic (exact) mass is 407 g/mol. The molecule has 0 bridgehead atoms. The third-order valence-electron chi connectivity index (χ3n) is 4.36. The largest absolute Gasteiger partial charge is 0.457 e. The second-order valence-electron chi connectivity index (χ2n) is 7.84. The predicted molar refractivity (Wildman–Crippen MR) is 117 cm³/mol. The Morgan fingerprint density at radius 3 is 2.43 bits per heavy atom. The Bertz CT molecular complexity index is 1020. The molecule has 30 heavy (non-hydrogen) atoms. The van der Waals surface area contributed by atoms with Crippen LogP contribution >= 0.6 is 0 Å². The van der Waals surface area contributed by atoms with Crippen molar-refractivity contribution in [1.29, 1.82) is 0 Å². The minimum atomic E-state index is -0.389. The van der Waals surface area contributed by atoms with Crippen LogP contribution in [0, 0.1) is 0 Å². The Balaban J connectivity index is 1.58. The number of ether oxygens (including phenoxy) is 1. The van der Waals surface area contributed by atoms with Gasteiger partial charge in [0.25, 0.3) is 0 Å². The number of amides is 3. The molecule has 0 aliphatic carbocycles. The van der Waals surface area contributed by atoms with E-state index in [0.717, 1.165) is 17.8 Å². The second-order valence-corrected chi connectivity index (χ2v) is 7.84. The highest BCUT2D eigenvalue weighted by atomic mass is 16.5. The van der Waals surface area contributed by atoms with E-state index in [9.17, 15) is 9.59 Å². The van der Waals surface area contributed by atoms with Gasteiger partial charge in [-0.1, -0.05) is 26.8 Å². The summed E-state index contributed by atoms with van der Waals surface area (Å²) in [5.41, 5.74) is 2.19. The first-order valence-electron chi connectivity index (χ1n) is 9.44. The summed E-state index contributed by atoms with van der Waals surface area (Å²) in [6.07, 6.45) is 0.734. The van der Waals surface area contributed by atoms with Gasteiger partial charge in [0.1, 0.15) is 11.5 Å². The van der Waals surface area contributed by atoms with Crippen LogP contribution in [0.1, 0.15) is 26.5 Å². The molecule has 3 N–H and O–H groups in total. The molecule has 0 fully saturated rings. The summed E-state index contributed by atoms with van der Waals surface area (Å²) in [6, 6.07) is 15.6. The van der Waals surface area contributed by atoms with Gasteiger partial charge in [-0.15, -0.1) is 0 Å². The van der Waals surface area contributed by atoms with Crippen molar-refractivity contribution in [3.8, 4) is 11.5 Å². The third kappa shape index (κ3) is 5.38. The van der Waals surface area contributed by atoms with E-state index >= 15 is 0 Å². The smallest absolute Gasteiger partial charge is 0.324 e. The summed E-state index contributed by atoms with van der Waals surface area (Å²) in [7, 11) is 1.67. The SMILES string of the molecule is CN(C=O)c1cccc(Oc2ccc(NC(=O)Nc3cc(C(C)(C)C)[nH]n3)cc2)c1. The van der Waals surface area contributed by atoms with Crippen molar-refractivity contribution >= 4 is 29.6 Å². The van der Waals surface area contributed by atoms with Crippen molar-refractivity contribution < 1.29 is 14.3 Å². The molecular formula is C22H25N5O3. The van der Waals surface area contributed by atoms with Gasteiger partial charge in [-0.05, 0) is 36.4 Å². The quantitative estimate of drug-likeness (QED) is 0.514. The number of hydrogen-bond acceptors (Lipinski definition) is 4. The highest BCUT2D eigenvalue weighted by Crippen LogP contribution is 2.26. The zero-order valence-electron chi connectivity index (χ0n) is 17.4. The summed E-state index contributed by atoms with van der Waals surface area (Å²) >= 11 is 0. The predicted octanol–water partition coefficient (Wildman–Crippen LogP) is 4.74. The van der Waals surface area contributed by atoms with Crippen molar-refractivity contribution in [2.75, 3.05) is 22.6 Å². The molecule has 3 rings (SSSR count). The van der Waals surface area contributed by atoms with Gasteiger partial charge in [0, 0.05) is 41.7 Å². The van der Waals surface area contributed by atoms with Gasteiger partial charge in [0.15, 0.2) is 5.82 Å². The molecule has 2 aromatic carbocycles. The van der Waals surface area contributed by atoms with Crippen molar-refractivity contribution in [1.82, 2.24) is 10.2 Å². The van der Waals surface area contributed by atoms with Crippen LogP contribution in [0.5, 0.6) is 11.5 Å². The molecule has 0 spiro atoms. The van der Waals surface area contributed by atoms with E-state index in [1.165, 1.54) is 4.90 Å². The topological polar surface area (TPSA) is 99.4 Å². The summed E-state index contributed by atoms with van der Waals surface area (Å²) < 4.78 is 5.82. The Morgan fingerprint density at radius 2 is 1.80 bits per heavy atom. The Labute approximate surface area is 175 Å². The molecule has 0 aliphatic heterocycles. The summed E-state index contributed by atoms with van der Waals surface area (Å²) in [5, 5.41) is 12.5. The molecule has 1 aromatic heterocycles. The van der Waals surface area contributed by atoms with Gasteiger partial charge < -0.3 is 15.0 Å². The molecule has 1 heterocycles. The van der Waals surface area contributed by atoms with E-state index in [0.29, 0.717) is 23.0 Å². The molecule has 3 aromatic rings.